The van der Waals surface area contributed by atoms with E-state index in [-0.39, 0.29) is 17.2 Å². The van der Waals surface area contributed by atoms with Gasteiger partial charge in [-0.1, -0.05) is 0 Å². The summed E-state index contributed by atoms with van der Waals surface area (Å²) in [5.41, 5.74) is -0.183. The molecule has 0 aliphatic rings. The van der Waals surface area contributed by atoms with Crippen LogP contribution >= 0.6 is 11.3 Å². The second kappa shape index (κ2) is 5.27. The molecule has 0 aliphatic carbocycles. The van der Waals surface area contributed by atoms with Gasteiger partial charge in [-0.2, -0.15) is 0 Å². The largest absolute Gasteiger partial charge is 0.348 e. The fourth-order valence-corrected chi connectivity index (χ4v) is 2.30. The lowest BCUT2D eigenvalue weighted by molar-refractivity contribution is -0.119. The highest BCUT2D eigenvalue weighted by atomic mass is 32.1. The van der Waals surface area contributed by atoms with E-state index in [9.17, 15) is 9.59 Å². The first kappa shape index (κ1) is 13.3. The predicted molar refractivity (Wildman–Crippen MR) is 70.7 cm³/mol. The summed E-state index contributed by atoms with van der Waals surface area (Å²) < 4.78 is 0. The minimum Gasteiger partial charge on any atom is -0.348 e. The zero-order valence-electron chi connectivity index (χ0n) is 10.7. The van der Waals surface area contributed by atoms with Crippen LogP contribution in [0, 0.1) is 6.92 Å². The van der Waals surface area contributed by atoms with Crippen LogP contribution in [0.1, 0.15) is 30.6 Å². The molecule has 1 unspecified atom stereocenters. The number of amides is 1. The molecular formula is C11H13N5O2S. The number of aryl methyl sites for hydroxylation is 1. The molecule has 2 aromatic heterocycles. The summed E-state index contributed by atoms with van der Waals surface area (Å²) in [4.78, 5) is 30.4. The highest BCUT2D eigenvalue weighted by Gasteiger charge is 2.15. The van der Waals surface area contributed by atoms with E-state index >= 15 is 0 Å². The molecule has 0 radical (unpaired) electrons. The van der Waals surface area contributed by atoms with Crippen molar-refractivity contribution in [1.82, 2.24) is 25.5 Å². The number of thiazole rings is 1. The summed E-state index contributed by atoms with van der Waals surface area (Å²) in [7, 11) is 0. The van der Waals surface area contributed by atoms with Crippen LogP contribution in [0.15, 0.2) is 11.0 Å². The van der Waals surface area contributed by atoms with E-state index in [0.717, 1.165) is 9.88 Å². The monoisotopic (exact) mass is 279 g/mol. The van der Waals surface area contributed by atoms with Crippen LogP contribution in [0.25, 0.3) is 10.7 Å². The molecule has 2 aromatic rings. The van der Waals surface area contributed by atoms with E-state index < -0.39 is 6.04 Å². The van der Waals surface area contributed by atoms with Gasteiger partial charge in [-0.25, -0.2) is 4.98 Å². The zero-order chi connectivity index (χ0) is 14.0. The molecule has 100 valence electrons. The molecule has 1 amide bonds. The molecular weight excluding hydrogens is 266 g/mol. The lowest BCUT2D eigenvalue weighted by Gasteiger charge is -2.09. The van der Waals surface area contributed by atoms with Crippen molar-refractivity contribution in [1.29, 1.82) is 0 Å². The summed E-state index contributed by atoms with van der Waals surface area (Å²) in [6, 6.07) is -0.481. The topological polar surface area (TPSA) is 101 Å². The van der Waals surface area contributed by atoms with Gasteiger partial charge in [0.2, 0.25) is 5.91 Å². The van der Waals surface area contributed by atoms with Crippen molar-refractivity contribution in [3.05, 3.63) is 27.3 Å². The fraction of sp³-hybridized carbons (Fsp3) is 0.364. The van der Waals surface area contributed by atoms with E-state index in [1.165, 1.54) is 18.3 Å². The van der Waals surface area contributed by atoms with Gasteiger partial charge in [0.05, 0.1) is 15.9 Å². The maximum Gasteiger partial charge on any atom is 0.275 e. The molecule has 0 spiro atoms. The van der Waals surface area contributed by atoms with Crippen molar-refractivity contribution in [3.63, 3.8) is 0 Å². The Bertz CT molecular complexity index is 663. The average Bonchev–Trinajstić information content (AvgIpc) is 2.74. The summed E-state index contributed by atoms with van der Waals surface area (Å²) in [6.45, 7) is 4.93. The number of carbonyl (C=O) groups is 1. The second-order valence-corrected chi connectivity index (χ2v) is 5.29. The molecule has 0 aromatic carbocycles. The van der Waals surface area contributed by atoms with Crippen LogP contribution in [-0.4, -0.2) is 26.1 Å². The Labute approximate surface area is 113 Å². The maximum atomic E-state index is 11.9. The first-order valence-corrected chi connectivity index (χ1v) is 6.46. The van der Waals surface area contributed by atoms with Gasteiger partial charge in [-0.15, -0.1) is 21.5 Å². The van der Waals surface area contributed by atoms with E-state index in [2.05, 4.69) is 25.5 Å². The number of nitrogens with zero attached hydrogens (tertiary/aromatic N) is 3. The summed E-state index contributed by atoms with van der Waals surface area (Å²) >= 11 is 1.42. The molecule has 2 N–H and O–H groups in total. The van der Waals surface area contributed by atoms with Crippen LogP contribution in [-0.2, 0) is 4.79 Å². The molecule has 1 atom stereocenters. The van der Waals surface area contributed by atoms with Crippen LogP contribution < -0.4 is 10.9 Å². The quantitative estimate of drug-likeness (QED) is 0.865. The molecule has 2 rings (SSSR count). The van der Waals surface area contributed by atoms with Crippen LogP contribution in [0.5, 0.6) is 0 Å². The number of rotatable bonds is 3. The first-order chi connectivity index (χ1) is 8.97. The van der Waals surface area contributed by atoms with Crippen LogP contribution in [0.4, 0.5) is 0 Å². The predicted octanol–water partition coefficient (Wildman–Crippen LogP) is 0.794. The standard InChI is InChI=1S/C11H13N5O2S/c1-5(13-6(2)17)9-11(18)14-10(16-15-9)8-4-12-7(3)19-8/h4-5H,1-3H3,(H,13,17)(H,14,16,18). The molecule has 19 heavy (non-hydrogen) atoms. The van der Waals surface area contributed by atoms with Crippen molar-refractivity contribution in [2.45, 2.75) is 26.8 Å². The first-order valence-electron chi connectivity index (χ1n) is 5.64. The minimum atomic E-state index is -0.481. The van der Waals surface area contributed by atoms with Crippen molar-refractivity contribution >= 4 is 17.2 Å². The highest BCUT2D eigenvalue weighted by Crippen LogP contribution is 2.20. The number of hydrogen-bond acceptors (Lipinski definition) is 6. The third-order valence-electron chi connectivity index (χ3n) is 2.41. The lowest BCUT2D eigenvalue weighted by Crippen LogP contribution is -2.30. The summed E-state index contributed by atoms with van der Waals surface area (Å²) in [5, 5.41) is 11.3. The second-order valence-electron chi connectivity index (χ2n) is 4.05. The third-order valence-corrected chi connectivity index (χ3v) is 3.33. The summed E-state index contributed by atoms with van der Waals surface area (Å²) in [5.74, 6) is 0.158. The van der Waals surface area contributed by atoms with Crippen LogP contribution in [0.2, 0.25) is 0 Å². The Hall–Kier alpha value is -2.09. The van der Waals surface area contributed by atoms with E-state index in [4.69, 9.17) is 0 Å². The number of aromatic nitrogens is 4. The van der Waals surface area contributed by atoms with E-state index in [1.54, 1.807) is 13.1 Å². The molecule has 0 bridgehead atoms. The molecule has 0 saturated heterocycles. The van der Waals surface area contributed by atoms with Crippen molar-refractivity contribution in [2.75, 3.05) is 0 Å². The number of nitrogens with one attached hydrogen (secondary N) is 2. The van der Waals surface area contributed by atoms with Crippen molar-refractivity contribution < 1.29 is 4.79 Å². The number of aromatic amines is 1. The summed E-state index contributed by atoms with van der Waals surface area (Å²) in [6.07, 6.45) is 1.64. The highest BCUT2D eigenvalue weighted by molar-refractivity contribution is 7.14. The number of carbonyl (C=O) groups excluding carboxylic acids is 1. The van der Waals surface area contributed by atoms with E-state index in [1.807, 2.05) is 6.92 Å². The molecule has 0 saturated carbocycles. The molecule has 8 heteroatoms. The fourth-order valence-electron chi connectivity index (χ4n) is 1.58. The van der Waals surface area contributed by atoms with Gasteiger partial charge in [0.1, 0.15) is 0 Å². The molecule has 7 nitrogen and oxygen atoms in total. The Morgan fingerprint density at radius 1 is 1.47 bits per heavy atom. The van der Waals surface area contributed by atoms with Gasteiger partial charge in [0.15, 0.2) is 11.5 Å². The Morgan fingerprint density at radius 2 is 2.21 bits per heavy atom. The number of hydrogen-bond donors (Lipinski definition) is 2. The van der Waals surface area contributed by atoms with Gasteiger partial charge in [-0.3, -0.25) is 9.59 Å². The van der Waals surface area contributed by atoms with E-state index in [0.29, 0.717) is 5.82 Å². The molecule has 0 fully saturated rings. The lowest BCUT2D eigenvalue weighted by atomic mass is 10.2. The van der Waals surface area contributed by atoms with Crippen molar-refractivity contribution in [2.24, 2.45) is 0 Å². The molecule has 0 aliphatic heterocycles. The normalized spacial score (nSPS) is 12.2. The third kappa shape index (κ3) is 3.02. The average molecular weight is 279 g/mol. The number of H-pyrrole nitrogens is 1. The smallest absolute Gasteiger partial charge is 0.275 e. The Balaban J connectivity index is 2.32. The molecule has 2 heterocycles. The van der Waals surface area contributed by atoms with Gasteiger partial charge in [0.25, 0.3) is 5.56 Å². The van der Waals surface area contributed by atoms with Gasteiger partial charge in [-0.05, 0) is 13.8 Å². The minimum absolute atomic E-state index is 0.181. The maximum absolute atomic E-state index is 11.9. The van der Waals surface area contributed by atoms with Gasteiger partial charge >= 0.3 is 0 Å². The Morgan fingerprint density at radius 3 is 2.74 bits per heavy atom. The van der Waals surface area contributed by atoms with Gasteiger partial charge < -0.3 is 10.3 Å². The van der Waals surface area contributed by atoms with Crippen LogP contribution in [0.3, 0.4) is 0 Å². The van der Waals surface area contributed by atoms with Gasteiger partial charge in [0, 0.05) is 13.1 Å². The van der Waals surface area contributed by atoms with Crippen molar-refractivity contribution in [3.8, 4) is 10.7 Å². The SMILES string of the molecule is CC(=O)NC(C)c1nnc(-c2cnc(C)s2)[nH]c1=O. The zero-order valence-corrected chi connectivity index (χ0v) is 11.5. The Kier molecular flexibility index (Phi) is 3.70.